The summed E-state index contributed by atoms with van der Waals surface area (Å²) in [5.74, 6) is 2.64. The number of nitrogens with one attached hydrogen (secondary N) is 2. The molecule has 2 heterocycles. The quantitative estimate of drug-likeness (QED) is 0.843. The Hall–Kier alpha value is -1.36. The van der Waals surface area contributed by atoms with Gasteiger partial charge in [0.25, 0.3) is 0 Å². The van der Waals surface area contributed by atoms with E-state index >= 15 is 0 Å². The van der Waals surface area contributed by atoms with E-state index in [0.717, 1.165) is 41.0 Å². The zero-order valence-electron chi connectivity index (χ0n) is 12.2. The summed E-state index contributed by atoms with van der Waals surface area (Å²) >= 11 is 1.73. The zero-order chi connectivity index (χ0) is 13.9. The van der Waals surface area contributed by atoms with Crippen LogP contribution in [0.1, 0.15) is 37.5 Å². The zero-order valence-corrected chi connectivity index (χ0v) is 13.0. The van der Waals surface area contributed by atoms with Crippen LogP contribution in [0.25, 0.3) is 10.2 Å². The Morgan fingerprint density at radius 3 is 2.85 bits per heavy atom. The summed E-state index contributed by atoms with van der Waals surface area (Å²) < 4.78 is 0. The van der Waals surface area contributed by atoms with E-state index in [1.165, 1.54) is 30.6 Å². The van der Waals surface area contributed by atoms with Crippen molar-refractivity contribution >= 4 is 33.3 Å². The summed E-state index contributed by atoms with van der Waals surface area (Å²) in [5, 5.41) is 7.89. The fraction of sp³-hybridized carbons (Fsp3) is 0.600. The van der Waals surface area contributed by atoms with Gasteiger partial charge in [0.05, 0.1) is 5.39 Å². The van der Waals surface area contributed by atoms with Crippen molar-refractivity contribution in [1.82, 2.24) is 9.97 Å². The molecule has 0 amide bonds. The Labute approximate surface area is 124 Å². The van der Waals surface area contributed by atoms with Crippen LogP contribution in [0.2, 0.25) is 0 Å². The SMILES string of the molecule is CCNc1nc(NCCC2CCC2)c2cc(C)sc2n1. The van der Waals surface area contributed by atoms with Gasteiger partial charge in [0.2, 0.25) is 5.95 Å². The molecule has 0 aliphatic heterocycles. The van der Waals surface area contributed by atoms with E-state index in [9.17, 15) is 0 Å². The molecule has 5 heteroatoms. The molecule has 2 aromatic rings. The smallest absolute Gasteiger partial charge is 0.226 e. The Morgan fingerprint density at radius 2 is 2.15 bits per heavy atom. The molecule has 1 saturated carbocycles. The van der Waals surface area contributed by atoms with Crippen molar-refractivity contribution < 1.29 is 0 Å². The second-order valence-corrected chi connectivity index (χ2v) is 6.75. The average molecular weight is 290 g/mol. The van der Waals surface area contributed by atoms with E-state index in [1.807, 2.05) is 0 Å². The van der Waals surface area contributed by atoms with Gasteiger partial charge in [-0.15, -0.1) is 11.3 Å². The fourth-order valence-electron chi connectivity index (χ4n) is 2.59. The predicted octanol–water partition coefficient (Wildman–Crippen LogP) is 4.03. The number of thiophene rings is 1. The van der Waals surface area contributed by atoms with E-state index in [4.69, 9.17) is 0 Å². The van der Waals surface area contributed by atoms with Crippen molar-refractivity contribution in [2.24, 2.45) is 5.92 Å². The molecule has 0 saturated heterocycles. The van der Waals surface area contributed by atoms with Gasteiger partial charge < -0.3 is 10.6 Å². The third-order valence-electron chi connectivity index (χ3n) is 3.92. The van der Waals surface area contributed by atoms with Gasteiger partial charge in [-0.2, -0.15) is 4.98 Å². The van der Waals surface area contributed by atoms with Gasteiger partial charge in [-0.1, -0.05) is 19.3 Å². The van der Waals surface area contributed by atoms with E-state index in [2.05, 4.69) is 40.5 Å². The lowest BCUT2D eigenvalue weighted by molar-refractivity contribution is 0.303. The summed E-state index contributed by atoms with van der Waals surface area (Å²) in [6, 6.07) is 2.18. The summed E-state index contributed by atoms with van der Waals surface area (Å²) in [7, 11) is 0. The molecule has 20 heavy (non-hydrogen) atoms. The molecule has 0 unspecified atom stereocenters. The molecule has 1 fully saturated rings. The second-order valence-electron chi connectivity index (χ2n) is 5.51. The van der Waals surface area contributed by atoms with Gasteiger partial charge in [-0.05, 0) is 32.3 Å². The Balaban J connectivity index is 1.78. The minimum atomic E-state index is 0.730. The molecule has 2 N–H and O–H groups in total. The molecule has 0 spiro atoms. The van der Waals surface area contributed by atoms with Crippen LogP contribution in [0.5, 0.6) is 0 Å². The highest BCUT2D eigenvalue weighted by Crippen LogP contribution is 2.31. The van der Waals surface area contributed by atoms with E-state index in [1.54, 1.807) is 11.3 Å². The standard InChI is InChI=1S/C15H22N4S/c1-3-16-15-18-13(17-8-7-11-5-4-6-11)12-9-10(2)20-14(12)19-15/h9,11H,3-8H2,1-2H3,(H2,16,17,18,19). The fourth-order valence-corrected chi connectivity index (χ4v) is 3.47. The van der Waals surface area contributed by atoms with Crippen molar-refractivity contribution in [1.29, 1.82) is 0 Å². The van der Waals surface area contributed by atoms with E-state index in [-0.39, 0.29) is 0 Å². The minimum absolute atomic E-state index is 0.730. The van der Waals surface area contributed by atoms with Gasteiger partial charge in [0, 0.05) is 18.0 Å². The number of hydrogen-bond acceptors (Lipinski definition) is 5. The number of nitrogens with zero attached hydrogens (tertiary/aromatic N) is 2. The van der Waals surface area contributed by atoms with Crippen molar-refractivity contribution in [3.63, 3.8) is 0 Å². The first kappa shape index (κ1) is 13.6. The van der Waals surface area contributed by atoms with Crippen LogP contribution in [0, 0.1) is 12.8 Å². The number of aromatic nitrogens is 2. The molecule has 0 atom stereocenters. The van der Waals surface area contributed by atoms with Gasteiger partial charge in [-0.25, -0.2) is 4.98 Å². The van der Waals surface area contributed by atoms with Gasteiger partial charge >= 0.3 is 0 Å². The number of anilines is 2. The van der Waals surface area contributed by atoms with Crippen LogP contribution in [-0.2, 0) is 0 Å². The van der Waals surface area contributed by atoms with Gasteiger partial charge in [0.1, 0.15) is 10.6 Å². The van der Waals surface area contributed by atoms with Gasteiger partial charge in [0.15, 0.2) is 0 Å². The van der Waals surface area contributed by atoms with Crippen LogP contribution in [0.4, 0.5) is 11.8 Å². The molecular formula is C15H22N4S. The molecule has 1 aliphatic carbocycles. The van der Waals surface area contributed by atoms with Crippen molar-refractivity contribution in [3.05, 3.63) is 10.9 Å². The summed E-state index contributed by atoms with van der Waals surface area (Å²) in [5.41, 5.74) is 0. The molecule has 2 aromatic heterocycles. The van der Waals surface area contributed by atoms with Crippen molar-refractivity contribution in [3.8, 4) is 0 Å². The maximum absolute atomic E-state index is 4.62. The lowest BCUT2D eigenvalue weighted by Gasteiger charge is -2.25. The summed E-state index contributed by atoms with van der Waals surface area (Å²) in [4.78, 5) is 11.5. The average Bonchev–Trinajstić information content (AvgIpc) is 2.73. The van der Waals surface area contributed by atoms with Crippen LogP contribution in [0.15, 0.2) is 6.07 Å². The normalized spacial score (nSPS) is 15.3. The minimum Gasteiger partial charge on any atom is -0.369 e. The Kier molecular flexibility index (Phi) is 4.05. The third-order valence-corrected chi connectivity index (χ3v) is 4.86. The summed E-state index contributed by atoms with van der Waals surface area (Å²) in [6.45, 7) is 6.04. The van der Waals surface area contributed by atoms with Crippen LogP contribution in [0.3, 0.4) is 0 Å². The van der Waals surface area contributed by atoms with Crippen molar-refractivity contribution in [2.75, 3.05) is 23.7 Å². The molecule has 0 radical (unpaired) electrons. The highest BCUT2D eigenvalue weighted by atomic mass is 32.1. The monoisotopic (exact) mass is 290 g/mol. The largest absolute Gasteiger partial charge is 0.369 e. The maximum Gasteiger partial charge on any atom is 0.226 e. The van der Waals surface area contributed by atoms with Crippen LogP contribution < -0.4 is 10.6 Å². The highest BCUT2D eigenvalue weighted by molar-refractivity contribution is 7.18. The molecule has 4 nitrogen and oxygen atoms in total. The Bertz CT molecular complexity index is 589. The molecule has 1 aliphatic rings. The van der Waals surface area contributed by atoms with Gasteiger partial charge in [-0.3, -0.25) is 0 Å². The molecule has 0 bridgehead atoms. The first-order valence-corrected chi connectivity index (χ1v) is 8.34. The topological polar surface area (TPSA) is 49.8 Å². The lowest BCUT2D eigenvalue weighted by atomic mass is 9.83. The Morgan fingerprint density at radius 1 is 1.30 bits per heavy atom. The lowest BCUT2D eigenvalue weighted by Crippen LogP contribution is -2.16. The number of rotatable bonds is 6. The maximum atomic E-state index is 4.62. The van der Waals surface area contributed by atoms with E-state index < -0.39 is 0 Å². The first-order valence-electron chi connectivity index (χ1n) is 7.52. The van der Waals surface area contributed by atoms with Crippen LogP contribution in [-0.4, -0.2) is 23.1 Å². The molecule has 108 valence electrons. The molecule has 0 aromatic carbocycles. The number of hydrogen-bond donors (Lipinski definition) is 2. The van der Waals surface area contributed by atoms with E-state index in [0.29, 0.717) is 0 Å². The number of fused-ring (bicyclic) bond motifs is 1. The highest BCUT2D eigenvalue weighted by Gasteiger charge is 2.17. The third kappa shape index (κ3) is 2.87. The summed E-state index contributed by atoms with van der Waals surface area (Å²) in [6.07, 6.45) is 5.48. The predicted molar refractivity (Wildman–Crippen MR) is 86.8 cm³/mol. The molecular weight excluding hydrogens is 268 g/mol. The second kappa shape index (κ2) is 5.95. The van der Waals surface area contributed by atoms with Crippen molar-refractivity contribution in [2.45, 2.75) is 39.5 Å². The molecule has 3 rings (SSSR count). The number of aryl methyl sites for hydroxylation is 1. The first-order chi connectivity index (χ1) is 9.76. The van der Waals surface area contributed by atoms with Crippen LogP contribution >= 0.6 is 11.3 Å².